The normalized spacial score (nSPS) is 10.2. The van der Waals surface area contributed by atoms with Gasteiger partial charge in [-0.15, -0.1) is 0 Å². The highest BCUT2D eigenvalue weighted by molar-refractivity contribution is 6.00. The van der Waals surface area contributed by atoms with Gasteiger partial charge in [0, 0.05) is 0 Å². The van der Waals surface area contributed by atoms with E-state index < -0.39 is 23.1 Å². The van der Waals surface area contributed by atoms with Gasteiger partial charge in [-0.05, 0) is 17.2 Å². The highest BCUT2D eigenvalue weighted by Crippen LogP contribution is 2.26. The highest BCUT2D eigenvalue weighted by atomic mass is 19.2. The van der Waals surface area contributed by atoms with Crippen molar-refractivity contribution in [3.8, 4) is 11.1 Å². The van der Waals surface area contributed by atoms with E-state index in [1.807, 2.05) is 0 Å². The Labute approximate surface area is 96.7 Å². The number of nitrogens with two attached hydrogens (primary N) is 1. The summed E-state index contributed by atoms with van der Waals surface area (Å²) in [5, 5.41) is 0. The Morgan fingerprint density at radius 3 is 2.24 bits per heavy atom. The van der Waals surface area contributed by atoms with Crippen molar-refractivity contribution in [3.05, 3.63) is 59.7 Å². The zero-order valence-electron chi connectivity index (χ0n) is 8.78. The molecule has 17 heavy (non-hydrogen) atoms. The summed E-state index contributed by atoms with van der Waals surface area (Å²) in [7, 11) is 0. The van der Waals surface area contributed by atoms with Gasteiger partial charge in [0.1, 0.15) is 0 Å². The Morgan fingerprint density at radius 2 is 1.65 bits per heavy atom. The van der Waals surface area contributed by atoms with Gasteiger partial charge in [0.2, 0.25) is 0 Å². The summed E-state index contributed by atoms with van der Waals surface area (Å²) in [6.45, 7) is 0. The van der Waals surface area contributed by atoms with E-state index >= 15 is 0 Å². The second kappa shape index (κ2) is 4.33. The summed E-state index contributed by atoms with van der Waals surface area (Å²) >= 11 is 0. The fourth-order valence-electron chi connectivity index (χ4n) is 1.65. The summed E-state index contributed by atoms with van der Waals surface area (Å²) < 4.78 is 26.6. The fraction of sp³-hybridized carbons (Fsp3) is 0. The molecule has 2 aromatic carbocycles. The lowest BCUT2D eigenvalue weighted by atomic mass is 9.98. The van der Waals surface area contributed by atoms with Crippen LogP contribution in [-0.2, 0) is 0 Å². The van der Waals surface area contributed by atoms with Gasteiger partial charge < -0.3 is 5.73 Å². The van der Waals surface area contributed by atoms with E-state index in [2.05, 4.69) is 0 Å². The van der Waals surface area contributed by atoms with Crippen LogP contribution in [0, 0.1) is 11.6 Å². The summed E-state index contributed by atoms with van der Waals surface area (Å²) in [6.07, 6.45) is 0. The van der Waals surface area contributed by atoms with Crippen molar-refractivity contribution in [1.29, 1.82) is 0 Å². The van der Waals surface area contributed by atoms with Gasteiger partial charge in [-0.1, -0.05) is 36.4 Å². The van der Waals surface area contributed by atoms with Crippen LogP contribution in [0.1, 0.15) is 10.4 Å². The van der Waals surface area contributed by atoms with E-state index in [4.69, 9.17) is 5.73 Å². The third kappa shape index (κ3) is 2.01. The van der Waals surface area contributed by atoms with Crippen molar-refractivity contribution in [1.82, 2.24) is 0 Å². The SMILES string of the molecule is NC(=O)c1c(-c2ccccc2)ccc(F)c1F. The minimum Gasteiger partial charge on any atom is -0.365 e. The third-order valence-corrected chi connectivity index (χ3v) is 2.43. The zero-order valence-corrected chi connectivity index (χ0v) is 8.78. The average molecular weight is 233 g/mol. The molecular weight excluding hydrogens is 224 g/mol. The predicted octanol–water partition coefficient (Wildman–Crippen LogP) is 2.73. The Balaban J connectivity index is 2.71. The van der Waals surface area contributed by atoms with Gasteiger partial charge in [0.25, 0.3) is 5.91 Å². The number of amides is 1. The Hall–Kier alpha value is -2.23. The van der Waals surface area contributed by atoms with Crippen molar-refractivity contribution in [3.63, 3.8) is 0 Å². The molecule has 1 amide bonds. The largest absolute Gasteiger partial charge is 0.365 e. The first-order valence-corrected chi connectivity index (χ1v) is 4.94. The second-order valence-electron chi connectivity index (χ2n) is 3.51. The smallest absolute Gasteiger partial charge is 0.252 e. The lowest BCUT2D eigenvalue weighted by molar-refractivity contribution is 0.0996. The lowest BCUT2D eigenvalue weighted by Gasteiger charge is -2.08. The lowest BCUT2D eigenvalue weighted by Crippen LogP contribution is -2.15. The minimum atomic E-state index is -1.21. The van der Waals surface area contributed by atoms with Gasteiger partial charge in [0.15, 0.2) is 11.6 Å². The summed E-state index contributed by atoms with van der Waals surface area (Å²) in [5.74, 6) is -3.28. The monoisotopic (exact) mass is 233 g/mol. The zero-order chi connectivity index (χ0) is 12.4. The minimum absolute atomic E-state index is 0.289. The van der Waals surface area contributed by atoms with Gasteiger partial charge in [0.05, 0.1) is 5.56 Å². The van der Waals surface area contributed by atoms with E-state index in [0.29, 0.717) is 5.56 Å². The third-order valence-electron chi connectivity index (χ3n) is 2.43. The molecule has 2 aromatic rings. The van der Waals surface area contributed by atoms with Gasteiger partial charge in [-0.3, -0.25) is 4.79 Å². The molecular formula is C13H9F2NO. The van der Waals surface area contributed by atoms with E-state index in [1.165, 1.54) is 6.07 Å². The van der Waals surface area contributed by atoms with Crippen LogP contribution >= 0.6 is 0 Å². The summed E-state index contributed by atoms with van der Waals surface area (Å²) in [6, 6.07) is 11.0. The molecule has 0 saturated heterocycles. The fourth-order valence-corrected chi connectivity index (χ4v) is 1.65. The molecule has 4 heteroatoms. The molecule has 0 saturated carbocycles. The van der Waals surface area contributed by atoms with E-state index in [9.17, 15) is 13.6 Å². The number of carbonyl (C=O) groups excluding carboxylic acids is 1. The molecule has 0 heterocycles. The van der Waals surface area contributed by atoms with Crippen LogP contribution < -0.4 is 5.73 Å². The first kappa shape index (κ1) is 11.3. The molecule has 0 aliphatic rings. The molecule has 2 N–H and O–H groups in total. The van der Waals surface area contributed by atoms with Crippen LogP contribution in [0.2, 0.25) is 0 Å². The molecule has 0 radical (unpaired) electrons. The van der Waals surface area contributed by atoms with Crippen molar-refractivity contribution in [2.24, 2.45) is 5.73 Å². The van der Waals surface area contributed by atoms with Crippen LogP contribution in [0.5, 0.6) is 0 Å². The molecule has 0 fully saturated rings. The number of carbonyl (C=O) groups is 1. The predicted molar refractivity (Wildman–Crippen MR) is 60.3 cm³/mol. The number of hydrogen-bond acceptors (Lipinski definition) is 1. The maximum Gasteiger partial charge on any atom is 0.252 e. The molecule has 0 unspecified atom stereocenters. The van der Waals surface area contributed by atoms with Crippen molar-refractivity contribution >= 4 is 5.91 Å². The molecule has 0 aromatic heterocycles. The summed E-state index contributed by atoms with van der Waals surface area (Å²) in [4.78, 5) is 11.2. The molecule has 2 nitrogen and oxygen atoms in total. The summed E-state index contributed by atoms with van der Waals surface area (Å²) in [5.41, 5.74) is 5.56. The highest BCUT2D eigenvalue weighted by Gasteiger charge is 2.18. The van der Waals surface area contributed by atoms with Crippen molar-refractivity contribution in [2.45, 2.75) is 0 Å². The molecule has 0 aliphatic heterocycles. The van der Waals surface area contributed by atoms with Crippen molar-refractivity contribution < 1.29 is 13.6 Å². The van der Waals surface area contributed by atoms with E-state index in [0.717, 1.165) is 6.07 Å². The quantitative estimate of drug-likeness (QED) is 0.851. The second-order valence-corrected chi connectivity index (χ2v) is 3.51. The Bertz CT molecular complexity index is 567. The molecule has 0 bridgehead atoms. The van der Waals surface area contributed by atoms with Crippen LogP contribution in [0.3, 0.4) is 0 Å². The van der Waals surface area contributed by atoms with Crippen LogP contribution in [0.4, 0.5) is 8.78 Å². The molecule has 86 valence electrons. The number of benzene rings is 2. The Kier molecular flexibility index (Phi) is 2.87. The number of halogens is 2. The standard InChI is InChI=1S/C13H9F2NO/c14-10-7-6-9(8-4-2-1-3-5-8)11(12(10)15)13(16)17/h1-7H,(H2,16,17). The van der Waals surface area contributed by atoms with Crippen LogP contribution in [0.15, 0.2) is 42.5 Å². The average Bonchev–Trinajstić information content (AvgIpc) is 2.33. The van der Waals surface area contributed by atoms with Gasteiger partial charge in [-0.25, -0.2) is 8.78 Å². The van der Waals surface area contributed by atoms with E-state index in [1.54, 1.807) is 30.3 Å². The van der Waals surface area contributed by atoms with E-state index in [-0.39, 0.29) is 5.56 Å². The van der Waals surface area contributed by atoms with Crippen LogP contribution in [0.25, 0.3) is 11.1 Å². The molecule has 0 spiro atoms. The number of hydrogen-bond donors (Lipinski definition) is 1. The first-order chi connectivity index (χ1) is 8.11. The van der Waals surface area contributed by atoms with Crippen LogP contribution in [-0.4, -0.2) is 5.91 Å². The first-order valence-electron chi connectivity index (χ1n) is 4.94. The Morgan fingerprint density at radius 1 is 1.00 bits per heavy atom. The molecule has 0 aliphatic carbocycles. The van der Waals surface area contributed by atoms with Gasteiger partial charge in [-0.2, -0.15) is 0 Å². The topological polar surface area (TPSA) is 43.1 Å². The maximum atomic E-state index is 13.5. The number of primary amides is 1. The molecule has 0 atom stereocenters. The molecule has 2 rings (SSSR count). The van der Waals surface area contributed by atoms with Crippen molar-refractivity contribution in [2.75, 3.05) is 0 Å². The number of rotatable bonds is 2. The van der Waals surface area contributed by atoms with Gasteiger partial charge >= 0.3 is 0 Å². The maximum absolute atomic E-state index is 13.5.